The molecule has 0 aliphatic rings. The number of nitro benzene ring substituents is 1. The number of carbonyl (C=O) groups is 1. The Bertz CT molecular complexity index is 459. The number of halogens is 1. The summed E-state index contributed by atoms with van der Waals surface area (Å²) in [4.78, 5) is 20.2. The SMILES string of the molecule is CC(C(=O)O)c1cc([N+](=O)[O-])cc(F)c1O. The molecule has 0 saturated carbocycles. The van der Waals surface area contributed by atoms with E-state index >= 15 is 0 Å². The average Bonchev–Trinajstić information content (AvgIpc) is 2.20. The molecule has 0 radical (unpaired) electrons. The summed E-state index contributed by atoms with van der Waals surface area (Å²) in [5.74, 6) is -4.62. The van der Waals surface area contributed by atoms with Crippen LogP contribution in [-0.4, -0.2) is 21.1 Å². The van der Waals surface area contributed by atoms with Crippen molar-refractivity contribution < 1.29 is 24.3 Å². The highest BCUT2D eigenvalue weighted by Gasteiger charge is 2.23. The Morgan fingerprint density at radius 1 is 1.56 bits per heavy atom. The largest absolute Gasteiger partial charge is 0.505 e. The number of hydrogen-bond acceptors (Lipinski definition) is 4. The molecule has 86 valence electrons. The van der Waals surface area contributed by atoms with E-state index in [-0.39, 0.29) is 5.56 Å². The third-order valence-corrected chi connectivity index (χ3v) is 2.13. The summed E-state index contributed by atoms with van der Waals surface area (Å²) < 4.78 is 13.1. The van der Waals surface area contributed by atoms with Gasteiger partial charge in [-0.1, -0.05) is 0 Å². The zero-order valence-electron chi connectivity index (χ0n) is 8.18. The Kier molecular flexibility index (Phi) is 3.07. The van der Waals surface area contributed by atoms with Crippen LogP contribution in [0.1, 0.15) is 18.4 Å². The number of hydrogen-bond donors (Lipinski definition) is 2. The summed E-state index contributed by atoms with van der Waals surface area (Å²) in [6, 6.07) is 1.38. The summed E-state index contributed by atoms with van der Waals surface area (Å²) >= 11 is 0. The monoisotopic (exact) mass is 229 g/mol. The molecule has 0 spiro atoms. The molecule has 0 aromatic heterocycles. The number of nitrogens with zero attached hydrogens (tertiary/aromatic N) is 1. The van der Waals surface area contributed by atoms with Crippen molar-refractivity contribution in [2.24, 2.45) is 0 Å². The second-order valence-corrected chi connectivity index (χ2v) is 3.18. The van der Waals surface area contributed by atoms with Crippen molar-refractivity contribution >= 4 is 11.7 Å². The zero-order chi connectivity index (χ0) is 12.5. The predicted molar refractivity (Wildman–Crippen MR) is 50.8 cm³/mol. The van der Waals surface area contributed by atoms with Crippen molar-refractivity contribution in [3.63, 3.8) is 0 Å². The number of nitro groups is 1. The zero-order valence-corrected chi connectivity index (χ0v) is 8.18. The Morgan fingerprint density at radius 3 is 2.56 bits per heavy atom. The van der Waals surface area contributed by atoms with E-state index in [1.807, 2.05) is 0 Å². The molecule has 0 saturated heterocycles. The Labute approximate surface area is 89.1 Å². The fourth-order valence-electron chi connectivity index (χ4n) is 1.17. The first-order valence-corrected chi connectivity index (χ1v) is 4.24. The molecule has 0 heterocycles. The molecule has 0 amide bonds. The maximum absolute atomic E-state index is 13.1. The summed E-state index contributed by atoms with van der Waals surface area (Å²) in [6.07, 6.45) is 0. The lowest BCUT2D eigenvalue weighted by atomic mass is 9.99. The molecule has 6 nitrogen and oxygen atoms in total. The van der Waals surface area contributed by atoms with Crippen LogP contribution in [0, 0.1) is 15.9 Å². The van der Waals surface area contributed by atoms with Gasteiger partial charge in [-0.3, -0.25) is 14.9 Å². The standard InChI is InChI=1S/C9H8FNO5/c1-4(9(13)14)6-2-5(11(15)16)3-7(10)8(6)12/h2-4,12H,1H3,(H,13,14). The molecular formula is C9H8FNO5. The molecule has 1 aromatic rings. The Hall–Kier alpha value is -2.18. The Balaban J connectivity index is 3.37. The maximum atomic E-state index is 13.1. The quantitative estimate of drug-likeness (QED) is 0.605. The van der Waals surface area contributed by atoms with E-state index in [4.69, 9.17) is 5.11 Å². The van der Waals surface area contributed by atoms with E-state index < -0.39 is 34.1 Å². The van der Waals surface area contributed by atoms with Gasteiger partial charge in [0.25, 0.3) is 5.69 Å². The van der Waals surface area contributed by atoms with Crippen molar-refractivity contribution in [3.05, 3.63) is 33.6 Å². The fraction of sp³-hybridized carbons (Fsp3) is 0.222. The number of carboxylic acid groups (broad SMARTS) is 1. The second-order valence-electron chi connectivity index (χ2n) is 3.18. The number of phenols is 1. The molecule has 1 unspecified atom stereocenters. The van der Waals surface area contributed by atoms with Crippen molar-refractivity contribution in [2.75, 3.05) is 0 Å². The number of benzene rings is 1. The van der Waals surface area contributed by atoms with Crippen molar-refractivity contribution in [1.82, 2.24) is 0 Å². The minimum absolute atomic E-state index is 0.320. The molecule has 16 heavy (non-hydrogen) atoms. The number of aliphatic carboxylic acids is 1. The highest BCUT2D eigenvalue weighted by molar-refractivity contribution is 5.77. The van der Waals surface area contributed by atoms with E-state index in [9.17, 15) is 24.4 Å². The number of aromatic hydroxyl groups is 1. The highest BCUT2D eigenvalue weighted by Crippen LogP contribution is 2.32. The van der Waals surface area contributed by atoms with Gasteiger partial charge in [0.1, 0.15) is 0 Å². The van der Waals surface area contributed by atoms with Crippen LogP contribution in [0.3, 0.4) is 0 Å². The molecule has 1 aromatic carbocycles. The number of rotatable bonds is 3. The van der Waals surface area contributed by atoms with Crippen LogP contribution in [0.2, 0.25) is 0 Å². The summed E-state index contributed by atoms with van der Waals surface area (Å²) in [5.41, 5.74) is -0.919. The summed E-state index contributed by atoms with van der Waals surface area (Å²) in [5, 5.41) is 28.4. The van der Waals surface area contributed by atoms with E-state index in [0.717, 1.165) is 6.07 Å². The first kappa shape index (κ1) is 11.9. The maximum Gasteiger partial charge on any atom is 0.310 e. The average molecular weight is 229 g/mol. The highest BCUT2D eigenvalue weighted by atomic mass is 19.1. The van der Waals surface area contributed by atoms with E-state index in [1.165, 1.54) is 6.92 Å². The molecule has 2 N–H and O–H groups in total. The first-order valence-electron chi connectivity index (χ1n) is 4.24. The minimum atomic E-state index is -1.31. The smallest absolute Gasteiger partial charge is 0.310 e. The van der Waals surface area contributed by atoms with Gasteiger partial charge in [0.15, 0.2) is 11.6 Å². The van der Waals surface area contributed by atoms with Gasteiger partial charge >= 0.3 is 5.97 Å². The van der Waals surface area contributed by atoms with Crippen LogP contribution in [0.25, 0.3) is 0 Å². The van der Waals surface area contributed by atoms with Crippen LogP contribution in [0.5, 0.6) is 5.75 Å². The lowest BCUT2D eigenvalue weighted by Crippen LogP contribution is -2.08. The predicted octanol–water partition coefficient (Wildman–Crippen LogP) is 1.63. The molecule has 0 aliphatic carbocycles. The van der Waals surface area contributed by atoms with E-state index in [2.05, 4.69) is 0 Å². The molecule has 0 fully saturated rings. The molecule has 0 aliphatic heterocycles. The van der Waals surface area contributed by atoms with Gasteiger partial charge in [-0.2, -0.15) is 0 Å². The van der Waals surface area contributed by atoms with Crippen LogP contribution in [-0.2, 0) is 4.79 Å². The van der Waals surface area contributed by atoms with Crippen molar-refractivity contribution in [1.29, 1.82) is 0 Å². The fourth-order valence-corrected chi connectivity index (χ4v) is 1.17. The summed E-state index contributed by atoms with van der Waals surface area (Å²) in [7, 11) is 0. The summed E-state index contributed by atoms with van der Waals surface area (Å²) in [6.45, 7) is 1.19. The second kappa shape index (κ2) is 4.13. The van der Waals surface area contributed by atoms with Gasteiger partial charge in [0.05, 0.1) is 16.9 Å². The number of phenolic OH excluding ortho intramolecular Hbond substituents is 1. The van der Waals surface area contributed by atoms with Gasteiger partial charge in [-0.05, 0) is 6.92 Å². The molecule has 0 bridgehead atoms. The molecule has 1 rings (SSSR count). The first-order chi connectivity index (χ1) is 7.34. The Morgan fingerprint density at radius 2 is 2.12 bits per heavy atom. The number of carboxylic acids is 1. The van der Waals surface area contributed by atoms with Crippen LogP contribution in [0.4, 0.5) is 10.1 Å². The minimum Gasteiger partial charge on any atom is -0.505 e. The molecule has 7 heteroatoms. The lowest BCUT2D eigenvalue weighted by Gasteiger charge is -2.09. The van der Waals surface area contributed by atoms with Gasteiger partial charge < -0.3 is 10.2 Å². The van der Waals surface area contributed by atoms with E-state index in [0.29, 0.717) is 6.07 Å². The molecule has 1 atom stereocenters. The van der Waals surface area contributed by atoms with Crippen LogP contribution in [0.15, 0.2) is 12.1 Å². The lowest BCUT2D eigenvalue weighted by molar-refractivity contribution is -0.385. The van der Waals surface area contributed by atoms with Crippen LogP contribution < -0.4 is 0 Å². The third-order valence-electron chi connectivity index (χ3n) is 2.13. The topological polar surface area (TPSA) is 101 Å². The van der Waals surface area contributed by atoms with E-state index in [1.54, 1.807) is 0 Å². The van der Waals surface area contributed by atoms with Crippen molar-refractivity contribution in [2.45, 2.75) is 12.8 Å². The van der Waals surface area contributed by atoms with Gasteiger partial charge in [0.2, 0.25) is 0 Å². The third kappa shape index (κ3) is 2.08. The normalized spacial score (nSPS) is 12.1. The van der Waals surface area contributed by atoms with Crippen molar-refractivity contribution in [3.8, 4) is 5.75 Å². The van der Waals surface area contributed by atoms with Crippen LogP contribution >= 0.6 is 0 Å². The van der Waals surface area contributed by atoms with Gasteiger partial charge in [0, 0.05) is 11.6 Å². The van der Waals surface area contributed by atoms with Gasteiger partial charge in [-0.25, -0.2) is 4.39 Å². The van der Waals surface area contributed by atoms with Gasteiger partial charge in [-0.15, -0.1) is 0 Å². The molecular weight excluding hydrogens is 221 g/mol. The number of non-ortho nitro benzene ring substituents is 1.